The third-order valence-electron chi connectivity index (χ3n) is 3.88. The fourth-order valence-corrected chi connectivity index (χ4v) is 2.75. The Morgan fingerprint density at radius 2 is 2.26 bits per heavy atom. The van der Waals surface area contributed by atoms with Crippen LogP contribution in [0, 0.1) is 0 Å². The number of hydrogen-bond donors (Lipinski definition) is 1. The van der Waals surface area contributed by atoms with Gasteiger partial charge in [-0.05, 0) is 37.0 Å². The molecule has 5 nitrogen and oxygen atoms in total. The molecule has 0 aliphatic heterocycles. The van der Waals surface area contributed by atoms with Gasteiger partial charge in [-0.3, -0.25) is 4.79 Å². The van der Waals surface area contributed by atoms with Crippen LogP contribution in [-0.2, 0) is 17.8 Å². The predicted molar refractivity (Wildman–Crippen MR) is 89.6 cm³/mol. The number of nitrogens with zero attached hydrogens (tertiary/aromatic N) is 3. The molecule has 0 unspecified atom stereocenters. The minimum Gasteiger partial charge on any atom is -0.356 e. The summed E-state index contributed by atoms with van der Waals surface area (Å²) < 4.78 is 1.98. The maximum atomic E-state index is 10.9. The smallest absolute Gasteiger partial charge is 0.216 e. The summed E-state index contributed by atoms with van der Waals surface area (Å²) in [6.07, 6.45) is 4.04. The molecule has 1 saturated carbocycles. The van der Waals surface area contributed by atoms with Gasteiger partial charge < -0.3 is 5.32 Å². The number of halogens is 1. The van der Waals surface area contributed by atoms with Crippen molar-refractivity contribution in [1.29, 1.82) is 0 Å². The molecular weight excluding hydrogens is 312 g/mol. The lowest BCUT2D eigenvalue weighted by Gasteiger charge is -2.07. The lowest BCUT2D eigenvalue weighted by atomic mass is 10.2. The number of nitrogens with one attached hydrogen (secondary N) is 1. The van der Waals surface area contributed by atoms with E-state index in [0.29, 0.717) is 19.0 Å². The van der Waals surface area contributed by atoms with Crippen LogP contribution >= 0.6 is 11.6 Å². The van der Waals surface area contributed by atoms with Crippen molar-refractivity contribution in [2.75, 3.05) is 6.54 Å². The van der Waals surface area contributed by atoms with Gasteiger partial charge in [0.15, 0.2) is 5.82 Å². The number of carbonyl (C=O) groups is 1. The maximum absolute atomic E-state index is 10.9. The van der Waals surface area contributed by atoms with Crippen molar-refractivity contribution in [3.63, 3.8) is 0 Å². The van der Waals surface area contributed by atoms with Crippen LogP contribution in [0.15, 0.2) is 24.3 Å². The van der Waals surface area contributed by atoms with Crippen LogP contribution in [0.2, 0.25) is 5.02 Å². The fourth-order valence-electron chi connectivity index (χ4n) is 2.54. The van der Waals surface area contributed by atoms with Crippen LogP contribution in [0.1, 0.15) is 49.3 Å². The number of hydrogen-bond acceptors (Lipinski definition) is 3. The minimum atomic E-state index is 0.00376. The zero-order valence-electron chi connectivity index (χ0n) is 13.3. The van der Waals surface area contributed by atoms with E-state index in [1.54, 1.807) is 0 Å². The summed E-state index contributed by atoms with van der Waals surface area (Å²) in [7, 11) is 0. The molecule has 3 rings (SSSR count). The summed E-state index contributed by atoms with van der Waals surface area (Å²) in [6.45, 7) is 2.88. The van der Waals surface area contributed by atoms with Gasteiger partial charge >= 0.3 is 0 Å². The molecule has 1 heterocycles. The first-order chi connectivity index (χ1) is 11.1. The standard InChI is InChI=1S/C17H21ClN4O/c1-12(23)19-9-3-6-16-20-17(14-7-8-14)21-22(16)11-13-4-2-5-15(18)10-13/h2,4-5,10,14H,3,6-9,11H2,1H3,(H,19,23). The molecule has 0 spiro atoms. The largest absolute Gasteiger partial charge is 0.356 e. The van der Waals surface area contributed by atoms with Crippen LogP contribution in [0.3, 0.4) is 0 Å². The molecule has 0 atom stereocenters. The highest BCUT2D eigenvalue weighted by molar-refractivity contribution is 6.30. The first-order valence-corrected chi connectivity index (χ1v) is 8.42. The van der Waals surface area contributed by atoms with Gasteiger partial charge in [-0.15, -0.1) is 0 Å². The Hall–Kier alpha value is -1.88. The van der Waals surface area contributed by atoms with Gasteiger partial charge in [-0.25, -0.2) is 9.67 Å². The van der Waals surface area contributed by atoms with Crippen LogP contribution in [0.4, 0.5) is 0 Å². The Labute approximate surface area is 141 Å². The van der Waals surface area contributed by atoms with Crippen molar-refractivity contribution in [3.8, 4) is 0 Å². The quantitative estimate of drug-likeness (QED) is 0.793. The van der Waals surface area contributed by atoms with E-state index in [4.69, 9.17) is 16.6 Å². The van der Waals surface area contributed by atoms with Crippen molar-refractivity contribution < 1.29 is 4.79 Å². The van der Waals surface area contributed by atoms with E-state index >= 15 is 0 Å². The van der Waals surface area contributed by atoms with Gasteiger partial charge in [0, 0.05) is 30.8 Å². The zero-order chi connectivity index (χ0) is 16.2. The van der Waals surface area contributed by atoms with E-state index in [-0.39, 0.29) is 5.91 Å². The third kappa shape index (κ3) is 4.55. The predicted octanol–water partition coefficient (Wildman–Crippen LogP) is 2.93. The van der Waals surface area contributed by atoms with Crippen molar-refractivity contribution in [2.24, 2.45) is 0 Å². The Morgan fingerprint density at radius 3 is 2.96 bits per heavy atom. The molecule has 1 aromatic carbocycles. The molecule has 0 radical (unpaired) electrons. The summed E-state index contributed by atoms with van der Waals surface area (Å²) in [4.78, 5) is 15.7. The fraction of sp³-hybridized carbons (Fsp3) is 0.471. The van der Waals surface area contributed by atoms with Gasteiger partial charge in [0.1, 0.15) is 5.82 Å². The summed E-state index contributed by atoms with van der Waals surface area (Å²) in [6, 6.07) is 7.83. The highest BCUT2D eigenvalue weighted by atomic mass is 35.5. The van der Waals surface area contributed by atoms with E-state index in [2.05, 4.69) is 10.4 Å². The average molecular weight is 333 g/mol. The second-order valence-electron chi connectivity index (χ2n) is 6.03. The number of aromatic nitrogens is 3. The molecule has 1 fully saturated rings. The monoisotopic (exact) mass is 332 g/mol. The molecule has 6 heteroatoms. The summed E-state index contributed by atoms with van der Waals surface area (Å²) in [5.74, 6) is 2.48. The van der Waals surface area contributed by atoms with E-state index in [1.807, 2.05) is 28.9 Å². The van der Waals surface area contributed by atoms with E-state index in [1.165, 1.54) is 19.8 Å². The van der Waals surface area contributed by atoms with Crippen molar-refractivity contribution in [1.82, 2.24) is 20.1 Å². The van der Waals surface area contributed by atoms with Crippen LogP contribution in [-0.4, -0.2) is 27.2 Å². The molecule has 23 heavy (non-hydrogen) atoms. The van der Waals surface area contributed by atoms with Gasteiger partial charge in [0.25, 0.3) is 0 Å². The van der Waals surface area contributed by atoms with Crippen molar-refractivity contribution in [3.05, 3.63) is 46.5 Å². The number of aryl methyl sites for hydroxylation is 1. The van der Waals surface area contributed by atoms with Crippen LogP contribution in [0.5, 0.6) is 0 Å². The number of carbonyl (C=O) groups excluding carboxylic acids is 1. The van der Waals surface area contributed by atoms with Crippen LogP contribution in [0.25, 0.3) is 0 Å². The maximum Gasteiger partial charge on any atom is 0.216 e. The van der Waals surface area contributed by atoms with Crippen LogP contribution < -0.4 is 5.32 Å². The third-order valence-corrected chi connectivity index (χ3v) is 4.11. The molecule has 122 valence electrons. The highest BCUT2D eigenvalue weighted by Gasteiger charge is 2.28. The summed E-state index contributed by atoms with van der Waals surface area (Å²) in [5, 5.41) is 8.24. The van der Waals surface area contributed by atoms with E-state index < -0.39 is 0 Å². The normalized spacial score (nSPS) is 14.0. The van der Waals surface area contributed by atoms with Crippen molar-refractivity contribution in [2.45, 2.75) is 45.1 Å². The Bertz CT molecular complexity index is 694. The van der Waals surface area contributed by atoms with Gasteiger partial charge in [0.2, 0.25) is 5.91 Å². The SMILES string of the molecule is CC(=O)NCCCc1nc(C2CC2)nn1Cc1cccc(Cl)c1. The molecular formula is C17H21ClN4O. The molecule has 1 N–H and O–H groups in total. The average Bonchev–Trinajstić information content (AvgIpc) is 3.27. The Morgan fingerprint density at radius 1 is 1.43 bits per heavy atom. The molecule has 1 aliphatic carbocycles. The van der Waals surface area contributed by atoms with E-state index in [0.717, 1.165) is 35.1 Å². The number of rotatable bonds is 7. The lowest BCUT2D eigenvalue weighted by molar-refractivity contribution is -0.118. The second-order valence-corrected chi connectivity index (χ2v) is 6.47. The summed E-state index contributed by atoms with van der Waals surface area (Å²) in [5.41, 5.74) is 1.12. The highest BCUT2D eigenvalue weighted by Crippen LogP contribution is 2.38. The Balaban J connectivity index is 1.70. The number of benzene rings is 1. The summed E-state index contributed by atoms with van der Waals surface area (Å²) >= 11 is 6.06. The molecule has 0 saturated heterocycles. The minimum absolute atomic E-state index is 0.00376. The van der Waals surface area contributed by atoms with Gasteiger partial charge in [-0.1, -0.05) is 23.7 Å². The first-order valence-electron chi connectivity index (χ1n) is 8.04. The first kappa shape index (κ1) is 16.0. The Kier molecular flexibility index (Phi) is 4.96. The molecule has 0 bridgehead atoms. The molecule has 1 aliphatic rings. The molecule has 2 aromatic rings. The zero-order valence-corrected chi connectivity index (χ0v) is 14.0. The van der Waals surface area contributed by atoms with E-state index in [9.17, 15) is 4.79 Å². The second kappa shape index (κ2) is 7.13. The number of amides is 1. The van der Waals surface area contributed by atoms with Gasteiger partial charge in [-0.2, -0.15) is 5.10 Å². The van der Waals surface area contributed by atoms with Crippen molar-refractivity contribution >= 4 is 17.5 Å². The molecule has 1 aromatic heterocycles. The lowest BCUT2D eigenvalue weighted by Crippen LogP contribution is -2.21. The molecule has 1 amide bonds. The topological polar surface area (TPSA) is 59.8 Å². The van der Waals surface area contributed by atoms with Gasteiger partial charge in [0.05, 0.1) is 6.54 Å².